The lowest BCUT2D eigenvalue weighted by Gasteiger charge is -2.33. The summed E-state index contributed by atoms with van der Waals surface area (Å²) in [5.41, 5.74) is 1.29. The van der Waals surface area contributed by atoms with E-state index in [1.54, 1.807) is 24.2 Å². The lowest BCUT2D eigenvalue weighted by atomic mass is 10.1. The van der Waals surface area contributed by atoms with Crippen molar-refractivity contribution in [3.05, 3.63) is 35.8 Å². The molecule has 1 atom stereocenters. The number of piperidine rings is 1. The number of carbonyl (C=O) groups excluding carboxylic acids is 1. The zero-order valence-electron chi connectivity index (χ0n) is 15.3. The Kier molecular flexibility index (Phi) is 4.91. The number of aryl methyl sites for hydroxylation is 1. The number of rotatable bonds is 5. The first-order valence-electron chi connectivity index (χ1n) is 8.96. The Morgan fingerprint density at radius 1 is 1.50 bits per heavy atom. The highest BCUT2D eigenvalue weighted by Crippen LogP contribution is 2.31. The van der Waals surface area contributed by atoms with E-state index in [0.29, 0.717) is 45.8 Å². The summed E-state index contributed by atoms with van der Waals surface area (Å²) in [5, 5.41) is 11.5. The van der Waals surface area contributed by atoms with Crippen LogP contribution in [-0.4, -0.2) is 50.0 Å². The van der Waals surface area contributed by atoms with Crippen LogP contribution in [0.4, 0.5) is 17.5 Å². The summed E-state index contributed by atoms with van der Waals surface area (Å²) in [5.74, 6) is 1.55. The number of H-pyrrole nitrogens is 1. The maximum atomic E-state index is 12.0. The van der Waals surface area contributed by atoms with E-state index >= 15 is 0 Å². The van der Waals surface area contributed by atoms with Crippen molar-refractivity contribution in [1.29, 1.82) is 0 Å². The van der Waals surface area contributed by atoms with E-state index in [1.165, 1.54) is 6.08 Å². The third kappa shape index (κ3) is 3.53. The molecule has 4 heterocycles. The third-order valence-electron chi connectivity index (χ3n) is 4.73. The topological polar surface area (TPSA) is 112 Å². The monoisotopic (exact) mass is 401 g/mol. The number of anilines is 3. The van der Waals surface area contributed by atoms with Crippen LogP contribution in [0.2, 0.25) is 5.02 Å². The average molecular weight is 402 g/mol. The smallest absolute Gasteiger partial charge is 0.246 e. The molecule has 0 radical (unpaired) electrons. The molecule has 0 bridgehead atoms. The SMILES string of the molecule is C=CC(=O)N1CCC[C@@H](Nc2nc(Nc3cnoc3C)nc3[nH]cc(Cl)c23)C1. The maximum absolute atomic E-state index is 12.0. The minimum atomic E-state index is -0.0655. The number of hydrogen-bond donors (Lipinski definition) is 3. The van der Waals surface area contributed by atoms with Gasteiger partial charge in [0.25, 0.3) is 0 Å². The molecule has 28 heavy (non-hydrogen) atoms. The number of carbonyl (C=O) groups is 1. The van der Waals surface area contributed by atoms with E-state index in [0.717, 1.165) is 19.4 Å². The van der Waals surface area contributed by atoms with Crippen LogP contribution in [0.3, 0.4) is 0 Å². The van der Waals surface area contributed by atoms with Crippen molar-refractivity contribution in [2.45, 2.75) is 25.8 Å². The summed E-state index contributed by atoms with van der Waals surface area (Å²) in [6, 6.07) is 0.0481. The van der Waals surface area contributed by atoms with Crippen molar-refractivity contribution in [3.63, 3.8) is 0 Å². The van der Waals surface area contributed by atoms with E-state index in [1.807, 2.05) is 0 Å². The molecule has 3 N–H and O–H groups in total. The van der Waals surface area contributed by atoms with Gasteiger partial charge in [0, 0.05) is 25.3 Å². The fourth-order valence-electron chi connectivity index (χ4n) is 3.31. The summed E-state index contributed by atoms with van der Waals surface area (Å²) in [7, 11) is 0. The second-order valence-electron chi connectivity index (χ2n) is 6.65. The predicted molar refractivity (Wildman–Crippen MR) is 107 cm³/mol. The van der Waals surface area contributed by atoms with Crippen molar-refractivity contribution >= 4 is 46.0 Å². The first-order chi connectivity index (χ1) is 13.5. The highest BCUT2D eigenvalue weighted by atomic mass is 35.5. The Morgan fingerprint density at radius 3 is 3.11 bits per heavy atom. The molecule has 10 heteroatoms. The van der Waals surface area contributed by atoms with Gasteiger partial charge in [-0.15, -0.1) is 0 Å². The van der Waals surface area contributed by atoms with Crippen molar-refractivity contribution in [2.24, 2.45) is 0 Å². The highest BCUT2D eigenvalue weighted by molar-refractivity contribution is 6.36. The van der Waals surface area contributed by atoms with Crippen LogP contribution >= 0.6 is 11.6 Å². The minimum absolute atomic E-state index is 0.0481. The maximum Gasteiger partial charge on any atom is 0.246 e. The van der Waals surface area contributed by atoms with E-state index in [9.17, 15) is 4.79 Å². The summed E-state index contributed by atoms with van der Waals surface area (Å²) < 4.78 is 5.07. The zero-order chi connectivity index (χ0) is 19.7. The Hall–Kier alpha value is -3.07. The van der Waals surface area contributed by atoms with Crippen LogP contribution in [0.15, 0.2) is 29.6 Å². The molecule has 0 unspecified atom stereocenters. The van der Waals surface area contributed by atoms with Crippen LogP contribution in [-0.2, 0) is 4.79 Å². The van der Waals surface area contributed by atoms with Crippen molar-refractivity contribution in [1.82, 2.24) is 25.0 Å². The van der Waals surface area contributed by atoms with E-state index in [2.05, 4.69) is 37.3 Å². The fraction of sp³-hybridized carbons (Fsp3) is 0.333. The number of halogens is 1. The third-order valence-corrected chi connectivity index (χ3v) is 5.03. The predicted octanol–water partition coefficient (Wildman–Crippen LogP) is 3.24. The van der Waals surface area contributed by atoms with Gasteiger partial charge in [-0.1, -0.05) is 23.3 Å². The van der Waals surface area contributed by atoms with Gasteiger partial charge in [-0.25, -0.2) is 0 Å². The Morgan fingerprint density at radius 2 is 2.36 bits per heavy atom. The normalized spacial score (nSPS) is 16.9. The Labute approximate surface area is 166 Å². The van der Waals surface area contributed by atoms with E-state index < -0.39 is 0 Å². The van der Waals surface area contributed by atoms with Crippen molar-refractivity contribution in [3.8, 4) is 0 Å². The van der Waals surface area contributed by atoms with Crippen LogP contribution in [0, 0.1) is 6.92 Å². The Balaban J connectivity index is 1.63. The summed E-state index contributed by atoms with van der Waals surface area (Å²) in [6.45, 7) is 6.67. The van der Waals surface area contributed by atoms with Crippen molar-refractivity contribution in [2.75, 3.05) is 23.7 Å². The van der Waals surface area contributed by atoms with Crippen LogP contribution in [0.5, 0.6) is 0 Å². The summed E-state index contributed by atoms with van der Waals surface area (Å²) in [6.07, 6.45) is 6.41. The molecule has 9 nitrogen and oxygen atoms in total. The zero-order valence-corrected chi connectivity index (χ0v) is 16.1. The van der Waals surface area contributed by atoms with Crippen molar-refractivity contribution < 1.29 is 9.32 Å². The number of fused-ring (bicyclic) bond motifs is 1. The number of aromatic amines is 1. The number of nitrogens with zero attached hydrogens (tertiary/aromatic N) is 4. The van der Waals surface area contributed by atoms with Gasteiger partial charge in [0.1, 0.15) is 17.2 Å². The van der Waals surface area contributed by atoms with Gasteiger partial charge in [0.15, 0.2) is 5.76 Å². The molecule has 1 fully saturated rings. The second-order valence-corrected chi connectivity index (χ2v) is 7.06. The number of nitrogens with one attached hydrogen (secondary N) is 3. The van der Waals surface area contributed by atoms with Crippen LogP contribution in [0.25, 0.3) is 11.0 Å². The Bertz CT molecular complexity index is 1030. The molecule has 3 aromatic heterocycles. The van der Waals surface area contributed by atoms with Gasteiger partial charge in [-0.2, -0.15) is 9.97 Å². The molecular weight excluding hydrogens is 382 g/mol. The first-order valence-corrected chi connectivity index (χ1v) is 9.33. The van der Waals surface area contributed by atoms with E-state index in [-0.39, 0.29) is 11.9 Å². The van der Waals surface area contributed by atoms with E-state index in [4.69, 9.17) is 16.1 Å². The molecule has 1 aliphatic heterocycles. The molecule has 0 aromatic carbocycles. The largest absolute Gasteiger partial charge is 0.365 e. The molecule has 3 aromatic rings. The number of hydrogen-bond acceptors (Lipinski definition) is 7. The molecular formula is C18H20ClN7O2. The molecule has 1 amide bonds. The molecule has 0 saturated carbocycles. The van der Waals surface area contributed by atoms with Gasteiger partial charge in [0.2, 0.25) is 11.9 Å². The van der Waals surface area contributed by atoms with Crippen LogP contribution in [0.1, 0.15) is 18.6 Å². The summed E-state index contributed by atoms with van der Waals surface area (Å²) in [4.78, 5) is 25.9. The first kappa shape index (κ1) is 18.3. The van der Waals surface area contributed by atoms with Gasteiger partial charge in [0.05, 0.1) is 16.6 Å². The molecule has 1 aliphatic rings. The average Bonchev–Trinajstić information content (AvgIpc) is 3.27. The van der Waals surface area contributed by atoms with Gasteiger partial charge in [-0.05, 0) is 25.8 Å². The second kappa shape index (κ2) is 7.51. The number of amides is 1. The lowest BCUT2D eigenvalue weighted by Crippen LogP contribution is -2.44. The number of likely N-dealkylation sites (tertiary alicyclic amines) is 1. The highest BCUT2D eigenvalue weighted by Gasteiger charge is 2.24. The van der Waals surface area contributed by atoms with Gasteiger partial charge >= 0.3 is 0 Å². The molecule has 1 saturated heterocycles. The minimum Gasteiger partial charge on any atom is -0.365 e. The summed E-state index contributed by atoms with van der Waals surface area (Å²) >= 11 is 6.34. The van der Waals surface area contributed by atoms with Gasteiger partial charge < -0.3 is 25.0 Å². The lowest BCUT2D eigenvalue weighted by molar-refractivity contribution is -0.127. The molecule has 0 aliphatic carbocycles. The number of aromatic nitrogens is 4. The molecule has 4 rings (SSSR count). The standard InChI is InChI=1S/C18H20ClN7O2/c1-3-14(27)26-6-4-5-11(9-26)22-17-15-12(19)7-20-16(15)24-18(25-17)23-13-8-21-28-10(13)2/h3,7-8,11H,1,4-6,9H2,2H3,(H3,20,22,23,24,25)/t11-/m1/s1. The molecule has 146 valence electrons. The fourth-order valence-corrected chi connectivity index (χ4v) is 3.55. The van der Waals surface area contributed by atoms with Crippen LogP contribution < -0.4 is 10.6 Å². The van der Waals surface area contributed by atoms with Gasteiger partial charge in [-0.3, -0.25) is 4.79 Å². The quantitative estimate of drug-likeness (QED) is 0.562. The molecule has 0 spiro atoms.